The maximum atomic E-state index is 7.05. The standard InChI is InChI=1S/C46H47B19O/c47-26-17-15(14-9-10-5-1-2-6-11(10)12-7-3-4-8-13(12)14)18-20(29(50)41(62)39(60)27(18)48)16(19(17)28(49)40(61)38(26)59)21-30(51)32(53)22(33(54)31(21)52)23-34(55)35(56)24-25-36(57)42(63)43(64)44(65)46(25)66-45(24)37(23)58/h1-9H,47-65H2. The molecule has 0 saturated heterocycles. The summed E-state index contributed by atoms with van der Waals surface area (Å²) in [5.74, 6) is 0. The van der Waals surface area contributed by atoms with Crippen LogP contribution >= 0.6 is 0 Å². The molecule has 0 N–H and O–H groups in total. The van der Waals surface area contributed by atoms with Crippen LogP contribution in [0.4, 0.5) is 0 Å². The first-order valence-corrected chi connectivity index (χ1v) is 24.1. The van der Waals surface area contributed by atoms with Gasteiger partial charge in [-0.15, -0.1) is 27.3 Å². The van der Waals surface area contributed by atoms with Crippen molar-refractivity contribution in [1.29, 1.82) is 0 Å². The van der Waals surface area contributed by atoms with Crippen LogP contribution in [0.3, 0.4) is 0 Å². The van der Waals surface area contributed by atoms with E-state index < -0.39 is 0 Å². The van der Waals surface area contributed by atoms with Crippen LogP contribution in [0.5, 0.6) is 0 Å². The van der Waals surface area contributed by atoms with Crippen LogP contribution in [0.2, 0.25) is 0 Å². The van der Waals surface area contributed by atoms with Gasteiger partial charge in [0.15, 0.2) is 0 Å². The molecule has 1 heterocycles. The third-order valence-corrected chi connectivity index (χ3v) is 17.9. The van der Waals surface area contributed by atoms with E-state index in [1.165, 1.54) is 191 Å². The van der Waals surface area contributed by atoms with Crippen LogP contribution in [0, 0.1) is 0 Å². The molecule has 0 saturated carbocycles. The topological polar surface area (TPSA) is 13.1 Å². The molecule has 66 heavy (non-hydrogen) atoms. The summed E-state index contributed by atoms with van der Waals surface area (Å²) in [5.41, 5.74) is 35.7. The van der Waals surface area contributed by atoms with Crippen LogP contribution in [0.15, 0.2) is 59.0 Å². The van der Waals surface area contributed by atoms with Gasteiger partial charge in [-0.2, -0.15) is 0 Å². The molecule has 294 valence electrons. The molecule has 9 aromatic carbocycles. The molecule has 0 radical (unpaired) electrons. The highest BCUT2D eigenvalue weighted by atomic mass is 16.3. The smallest absolute Gasteiger partial charge is 0.145 e. The second kappa shape index (κ2) is 15.5. The first-order chi connectivity index (χ1) is 31.2. The fourth-order valence-electron chi connectivity index (χ4n) is 12.7. The average molecular weight is 821 g/mol. The second-order valence-corrected chi connectivity index (χ2v) is 20.5. The fourth-order valence-corrected chi connectivity index (χ4v) is 12.7. The summed E-state index contributed by atoms with van der Waals surface area (Å²) in [4.78, 5) is 0. The third kappa shape index (κ3) is 5.81. The maximum Gasteiger partial charge on any atom is 0.145 e. The lowest BCUT2D eigenvalue weighted by atomic mass is 9.56. The molecule has 0 aliphatic rings. The Morgan fingerprint density at radius 2 is 0.561 bits per heavy atom. The van der Waals surface area contributed by atoms with Crippen molar-refractivity contribution in [3.8, 4) is 33.4 Å². The Morgan fingerprint density at radius 3 is 1.05 bits per heavy atom. The number of benzene rings is 9. The molecule has 10 rings (SSSR count). The number of fused-ring (bicyclic) bond motifs is 8. The molecule has 1 aromatic heterocycles. The zero-order chi connectivity index (χ0) is 47.4. The predicted molar refractivity (Wildman–Crippen MR) is 355 cm³/mol. The van der Waals surface area contributed by atoms with Crippen molar-refractivity contribution in [2.45, 2.75) is 0 Å². The highest BCUT2D eigenvalue weighted by molar-refractivity contribution is 6.74. The molecule has 0 fully saturated rings. The van der Waals surface area contributed by atoms with E-state index in [-0.39, 0.29) is 0 Å². The van der Waals surface area contributed by atoms with E-state index >= 15 is 0 Å². The van der Waals surface area contributed by atoms with Gasteiger partial charge < -0.3 is 4.42 Å². The molecule has 0 spiro atoms. The van der Waals surface area contributed by atoms with Crippen LogP contribution in [-0.4, -0.2) is 149 Å². The highest BCUT2D eigenvalue weighted by Gasteiger charge is 2.30. The van der Waals surface area contributed by atoms with Gasteiger partial charge in [-0.1, -0.05) is 120 Å². The van der Waals surface area contributed by atoms with Crippen molar-refractivity contribution in [3.63, 3.8) is 0 Å². The summed E-state index contributed by atoms with van der Waals surface area (Å²) in [5, 5.41) is 13.3. The molecule has 0 bridgehead atoms. The minimum absolute atomic E-state index is 1.03. The Kier molecular flexibility index (Phi) is 10.6. The number of hydrogen-bond acceptors (Lipinski definition) is 1. The largest absolute Gasteiger partial charge is 0.457 e. The van der Waals surface area contributed by atoms with Crippen molar-refractivity contribution < 1.29 is 4.42 Å². The summed E-state index contributed by atoms with van der Waals surface area (Å²) < 4.78 is 7.05. The Labute approximate surface area is 407 Å². The number of rotatable bonds is 3. The van der Waals surface area contributed by atoms with Gasteiger partial charge >= 0.3 is 0 Å². The van der Waals surface area contributed by atoms with Gasteiger partial charge in [0, 0.05) is 10.8 Å². The number of furan rings is 1. The minimum Gasteiger partial charge on any atom is -0.457 e. The van der Waals surface area contributed by atoms with Crippen molar-refractivity contribution >= 4 is 318 Å². The third-order valence-electron chi connectivity index (χ3n) is 17.9. The van der Waals surface area contributed by atoms with E-state index in [9.17, 15) is 0 Å². The van der Waals surface area contributed by atoms with E-state index in [4.69, 9.17) is 4.42 Å². The van der Waals surface area contributed by atoms with Crippen molar-refractivity contribution in [2.24, 2.45) is 0 Å². The van der Waals surface area contributed by atoms with Crippen LogP contribution in [-0.2, 0) is 0 Å². The van der Waals surface area contributed by atoms with Crippen LogP contribution in [0.25, 0.3) is 98.4 Å². The van der Waals surface area contributed by atoms with Gasteiger partial charge in [0.2, 0.25) is 0 Å². The molecular weight excluding hydrogens is 774 g/mol. The Hall–Kier alpha value is -4.95. The first kappa shape index (κ1) is 44.9. The average Bonchev–Trinajstić information content (AvgIpc) is 3.73. The van der Waals surface area contributed by atoms with Gasteiger partial charge in [0.1, 0.15) is 160 Å². The Morgan fingerprint density at radius 1 is 0.242 bits per heavy atom. The Balaban J connectivity index is 1.40. The highest BCUT2D eigenvalue weighted by Crippen LogP contribution is 2.44. The van der Waals surface area contributed by atoms with Gasteiger partial charge in [-0.3, -0.25) is 0 Å². The summed E-state index contributed by atoms with van der Waals surface area (Å²) in [6.45, 7) is 0. The second-order valence-electron chi connectivity index (χ2n) is 20.5. The minimum atomic E-state index is 1.03. The van der Waals surface area contributed by atoms with Crippen molar-refractivity contribution in [3.05, 3.63) is 54.6 Å². The molecule has 10 aromatic rings. The molecule has 0 atom stereocenters. The van der Waals surface area contributed by atoms with Crippen molar-refractivity contribution in [2.75, 3.05) is 0 Å². The summed E-state index contributed by atoms with van der Waals surface area (Å²) >= 11 is 0. The van der Waals surface area contributed by atoms with Crippen molar-refractivity contribution in [1.82, 2.24) is 0 Å². The monoisotopic (exact) mass is 825 g/mol. The lowest BCUT2D eigenvalue weighted by molar-refractivity contribution is 0.675. The normalized spacial score (nSPS) is 11.9. The zero-order valence-electron chi connectivity index (χ0n) is 43.1. The van der Waals surface area contributed by atoms with E-state index in [2.05, 4.69) is 204 Å². The fraction of sp³-hybridized carbons (Fsp3) is 0. The van der Waals surface area contributed by atoms with E-state index in [0.717, 1.165) is 11.2 Å². The quantitative estimate of drug-likeness (QED) is 0.0983. The first-order valence-electron chi connectivity index (χ1n) is 24.1. The SMILES string of the molecule is Bc1c(B)c(-c2c3c(B)c(B)c(B)c(B)c3c(-c3cc4ccccc4c4ccccc34)c3c(B)c(B)c(B)c(B)c23)c(B)c(B)c1-c1c(B)c(B)c2c(oc3c(B)c(B)c(B)c(B)c32)c1B. The molecule has 0 aliphatic carbocycles. The molecule has 0 aliphatic heterocycles. The number of hydrogen-bond donors (Lipinski definition) is 0. The molecule has 0 unspecified atom stereocenters. The summed E-state index contributed by atoms with van der Waals surface area (Å²) in [6, 6.07) is 20.5. The molecule has 20 heteroatoms. The summed E-state index contributed by atoms with van der Waals surface area (Å²) in [6.07, 6.45) is 0. The molecular formula is C46H47B19O. The van der Waals surface area contributed by atoms with E-state index in [1.807, 2.05) is 0 Å². The van der Waals surface area contributed by atoms with Crippen LogP contribution in [0.1, 0.15) is 0 Å². The molecule has 1 nitrogen and oxygen atoms in total. The van der Waals surface area contributed by atoms with E-state index in [0.29, 0.717) is 0 Å². The van der Waals surface area contributed by atoms with Gasteiger partial charge in [0.25, 0.3) is 0 Å². The van der Waals surface area contributed by atoms with Gasteiger partial charge in [-0.05, 0) is 88.0 Å². The van der Waals surface area contributed by atoms with Crippen LogP contribution < -0.4 is 104 Å². The molecule has 0 amide bonds. The maximum absolute atomic E-state index is 7.05. The summed E-state index contributed by atoms with van der Waals surface area (Å²) in [7, 11) is 44.5. The van der Waals surface area contributed by atoms with Gasteiger partial charge in [0.05, 0.1) is 0 Å². The predicted octanol–water partition coefficient (Wildman–Crippen LogP) is -19.9. The Bertz CT molecular complexity index is 3820. The van der Waals surface area contributed by atoms with Gasteiger partial charge in [-0.25, -0.2) is 0 Å². The lowest BCUT2D eigenvalue weighted by Gasteiger charge is -2.31. The van der Waals surface area contributed by atoms with E-state index in [1.54, 1.807) is 0 Å². The lowest BCUT2D eigenvalue weighted by Crippen LogP contribution is -2.51. The zero-order valence-corrected chi connectivity index (χ0v) is 43.1.